The Morgan fingerprint density at radius 1 is 1.64 bits per heavy atom. The fraction of sp³-hybridized carbons (Fsp3) is 0.500. The van der Waals surface area contributed by atoms with E-state index in [2.05, 4.69) is 19.1 Å². The molecule has 0 spiro atoms. The van der Waals surface area contributed by atoms with E-state index in [1.807, 2.05) is 12.2 Å². The molecule has 72 valence electrons. The molecule has 2 rings (SSSR count). The second kappa shape index (κ2) is 3.09. The Labute approximate surface area is 83.9 Å². The summed E-state index contributed by atoms with van der Waals surface area (Å²) in [4.78, 5) is 11.3. The van der Waals surface area contributed by atoms with E-state index >= 15 is 0 Å². The van der Waals surface area contributed by atoms with Gasteiger partial charge in [-0.25, -0.2) is 0 Å². The minimum absolute atomic E-state index is 0.0859. The summed E-state index contributed by atoms with van der Waals surface area (Å²) in [7, 11) is 0. The predicted molar refractivity (Wildman–Crippen MR) is 53.3 cm³/mol. The summed E-state index contributed by atoms with van der Waals surface area (Å²) in [5.74, 6) is 0.569. The van der Waals surface area contributed by atoms with Gasteiger partial charge in [0.1, 0.15) is 5.78 Å². The first-order chi connectivity index (χ1) is 6.66. The molecule has 1 saturated carbocycles. The molecule has 0 aromatic carbocycles. The molecule has 2 aliphatic carbocycles. The first-order valence-corrected chi connectivity index (χ1v) is 4.97. The van der Waals surface area contributed by atoms with Gasteiger partial charge in [-0.3, -0.25) is 4.79 Å². The van der Waals surface area contributed by atoms with Crippen molar-refractivity contribution in [2.45, 2.75) is 26.2 Å². The third-order valence-electron chi connectivity index (χ3n) is 3.53. The highest BCUT2D eigenvalue weighted by molar-refractivity contribution is 5.80. The minimum atomic E-state index is -0.0859. The smallest absolute Gasteiger partial charge is 0.133 e. The van der Waals surface area contributed by atoms with Crippen molar-refractivity contribution in [1.82, 2.24) is 0 Å². The fourth-order valence-electron chi connectivity index (χ4n) is 2.41. The molecule has 0 radical (unpaired) electrons. The van der Waals surface area contributed by atoms with Crippen LogP contribution >= 0.6 is 0 Å². The summed E-state index contributed by atoms with van der Waals surface area (Å²) in [5, 5.41) is 9.02. The number of fused-ring (bicyclic) bond motifs is 1. The van der Waals surface area contributed by atoms with E-state index in [1.54, 1.807) is 0 Å². The first kappa shape index (κ1) is 9.21. The number of carbonyl (C=O) groups excluding carboxylic acids is 1. The Morgan fingerprint density at radius 2 is 2.43 bits per heavy atom. The molecule has 2 atom stereocenters. The van der Waals surface area contributed by atoms with Crippen LogP contribution in [0.4, 0.5) is 0 Å². The molecule has 1 fully saturated rings. The van der Waals surface area contributed by atoms with Gasteiger partial charge in [0.05, 0.1) is 6.07 Å². The van der Waals surface area contributed by atoms with Gasteiger partial charge in [0.15, 0.2) is 0 Å². The van der Waals surface area contributed by atoms with Crippen molar-refractivity contribution in [2.24, 2.45) is 11.3 Å². The Kier molecular flexibility index (Phi) is 2.03. The molecule has 0 aliphatic heterocycles. The van der Waals surface area contributed by atoms with Gasteiger partial charge in [0, 0.05) is 23.8 Å². The van der Waals surface area contributed by atoms with E-state index in [1.165, 1.54) is 0 Å². The first-order valence-electron chi connectivity index (χ1n) is 4.97. The van der Waals surface area contributed by atoms with Crippen LogP contribution in [0.5, 0.6) is 0 Å². The zero-order valence-corrected chi connectivity index (χ0v) is 8.29. The average Bonchev–Trinajstić information content (AvgIpc) is 2.18. The van der Waals surface area contributed by atoms with E-state index in [0.717, 1.165) is 12.0 Å². The number of hydrogen-bond donors (Lipinski definition) is 0. The summed E-state index contributed by atoms with van der Waals surface area (Å²) < 4.78 is 0. The lowest BCUT2D eigenvalue weighted by atomic mass is 9.62. The number of hydrogen-bond acceptors (Lipinski definition) is 2. The monoisotopic (exact) mass is 187 g/mol. The van der Waals surface area contributed by atoms with Gasteiger partial charge in [0.25, 0.3) is 0 Å². The summed E-state index contributed by atoms with van der Waals surface area (Å²) in [6, 6.07) is 2.26. The largest absolute Gasteiger partial charge is 0.300 e. The number of allylic oxidation sites excluding steroid dienone is 4. The van der Waals surface area contributed by atoms with Crippen LogP contribution < -0.4 is 0 Å². The normalized spacial score (nSPS) is 35.9. The number of nitriles is 1. The van der Waals surface area contributed by atoms with Crippen molar-refractivity contribution in [3.05, 3.63) is 23.8 Å². The van der Waals surface area contributed by atoms with Gasteiger partial charge in [-0.15, -0.1) is 0 Å². The summed E-state index contributed by atoms with van der Waals surface area (Å²) >= 11 is 0. The van der Waals surface area contributed by atoms with E-state index in [9.17, 15) is 4.79 Å². The van der Waals surface area contributed by atoms with Gasteiger partial charge in [-0.1, -0.05) is 19.1 Å². The molecule has 2 nitrogen and oxygen atoms in total. The summed E-state index contributed by atoms with van der Waals surface area (Å²) in [6.07, 6.45) is 7.90. The number of nitrogens with zero attached hydrogens (tertiary/aromatic N) is 1. The number of ketones is 1. The van der Waals surface area contributed by atoms with Crippen LogP contribution in [0.15, 0.2) is 23.8 Å². The minimum Gasteiger partial charge on any atom is -0.300 e. The van der Waals surface area contributed by atoms with Crippen molar-refractivity contribution in [3.8, 4) is 6.07 Å². The van der Waals surface area contributed by atoms with E-state index in [0.29, 0.717) is 18.6 Å². The van der Waals surface area contributed by atoms with Gasteiger partial charge in [0.2, 0.25) is 0 Å². The highest BCUT2D eigenvalue weighted by Crippen LogP contribution is 2.47. The molecule has 0 N–H and O–H groups in total. The molecule has 2 unspecified atom stereocenters. The number of rotatable bonds is 0. The van der Waals surface area contributed by atoms with E-state index in [4.69, 9.17) is 5.26 Å². The molecule has 0 saturated heterocycles. The molecule has 2 heteroatoms. The topological polar surface area (TPSA) is 40.9 Å². The molecule has 0 amide bonds. The second-order valence-electron chi connectivity index (χ2n) is 4.34. The fourth-order valence-corrected chi connectivity index (χ4v) is 2.41. The van der Waals surface area contributed by atoms with Crippen molar-refractivity contribution >= 4 is 5.78 Å². The molecule has 14 heavy (non-hydrogen) atoms. The lowest BCUT2D eigenvalue weighted by Crippen LogP contribution is -2.36. The Morgan fingerprint density at radius 3 is 3.14 bits per heavy atom. The standard InChI is InChI=1S/C12H13NO/c1-12-6-5-11(14)7-9(12)3-2-4-10(12)8-13/h2-4,9H,5-7H2,1H3. The van der Waals surface area contributed by atoms with Crippen LogP contribution in [0.25, 0.3) is 0 Å². The van der Waals surface area contributed by atoms with Crippen molar-refractivity contribution in [1.29, 1.82) is 5.26 Å². The van der Waals surface area contributed by atoms with Crippen molar-refractivity contribution < 1.29 is 4.79 Å². The molecule has 2 aliphatic rings. The quantitative estimate of drug-likeness (QED) is 0.584. The molecule has 0 bridgehead atoms. The van der Waals surface area contributed by atoms with Crippen LogP contribution in [0, 0.1) is 22.7 Å². The van der Waals surface area contributed by atoms with Crippen LogP contribution in [0.1, 0.15) is 26.2 Å². The molecule has 0 heterocycles. The Bertz CT molecular complexity index is 372. The van der Waals surface area contributed by atoms with E-state index in [-0.39, 0.29) is 11.3 Å². The predicted octanol–water partition coefficient (Wildman–Crippen LogP) is 2.38. The SMILES string of the molecule is CC12CCC(=O)CC1C=CC=C2C#N. The number of carbonyl (C=O) groups is 1. The third-order valence-corrected chi connectivity index (χ3v) is 3.53. The molecule has 0 aromatic heterocycles. The van der Waals surface area contributed by atoms with Crippen molar-refractivity contribution in [3.63, 3.8) is 0 Å². The molecular weight excluding hydrogens is 174 g/mol. The zero-order chi connectivity index (χ0) is 10.2. The van der Waals surface area contributed by atoms with Gasteiger partial charge < -0.3 is 0 Å². The van der Waals surface area contributed by atoms with Crippen LogP contribution in [0.2, 0.25) is 0 Å². The molecule has 0 aromatic rings. The van der Waals surface area contributed by atoms with Crippen LogP contribution in [-0.2, 0) is 4.79 Å². The van der Waals surface area contributed by atoms with Gasteiger partial charge in [-0.05, 0) is 18.4 Å². The highest BCUT2D eigenvalue weighted by atomic mass is 16.1. The Balaban J connectivity index is 2.36. The third kappa shape index (κ3) is 1.21. The molecular formula is C12H13NO. The van der Waals surface area contributed by atoms with Crippen LogP contribution in [0.3, 0.4) is 0 Å². The maximum absolute atomic E-state index is 11.3. The summed E-state index contributed by atoms with van der Waals surface area (Å²) in [6.45, 7) is 2.10. The zero-order valence-electron chi connectivity index (χ0n) is 8.29. The summed E-state index contributed by atoms with van der Waals surface area (Å²) in [5.41, 5.74) is 0.745. The maximum Gasteiger partial charge on any atom is 0.133 e. The van der Waals surface area contributed by atoms with Crippen molar-refractivity contribution in [2.75, 3.05) is 0 Å². The van der Waals surface area contributed by atoms with Gasteiger partial charge >= 0.3 is 0 Å². The number of Topliss-reactive ketones (excluding diaryl/α,β-unsaturated/α-hetero) is 1. The highest BCUT2D eigenvalue weighted by Gasteiger charge is 2.42. The lowest BCUT2D eigenvalue weighted by molar-refractivity contribution is -0.123. The van der Waals surface area contributed by atoms with Gasteiger partial charge in [-0.2, -0.15) is 5.26 Å². The maximum atomic E-state index is 11.3. The Hall–Kier alpha value is -1.36. The van der Waals surface area contributed by atoms with Crippen LogP contribution in [-0.4, -0.2) is 5.78 Å². The second-order valence-corrected chi connectivity index (χ2v) is 4.34. The van der Waals surface area contributed by atoms with E-state index < -0.39 is 0 Å². The average molecular weight is 187 g/mol. The lowest BCUT2D eigenvalue weighted by Gasteiger charge is -2.40.